The van der Waals surface area contributed by atoms with Crippen molar-refractivity contribution in [3.63, 3.8) is 0 Å². The number of nitrogens with zero attached hydrogens (tertiary/aromatic N) is 1. The second-order valence-electron chi connectivity index (χ2n) is 4.84. The number of halogens is 1. The molecule has 0 aromatic heterocycles. The number of amides is 1. The number of non-ortho nitro benzene ring substituents is 1. The Balaban J connectivity index is 2.31. The van der Waals surface area contributed by atoms with Gasteiger partial charge in [-0.2, -0.15) is 0 Å². The van der Waals surface area contributed by atoms with Gasteiger partial charge in [0.25, 0.3) is 11.6 Å². The number of nitrogens with one attached hydrogen (secondary N) is 1. The van der Waals surface area contributed by atoms with Crippen molar-refractivity contribution in [1.29, 1.82) is 0 Å². The molecule has 0 fully saturated rings. The average molecular weight is 349 g/mol. The van der Waals surface area contributed by atoms with Gasteiger partial charge in [0.15, 0.2) is 0 Å². The number of carbonyl (C=O) groups excluding carboxylic acids is 2. The summed E-state index contributed by atoms with van der Waals surface area (Å²) in [5.41, 5.74) is 1.13. The molecule has 0 radical (unpaired) electrons. The third-order valence-corrected chi connectivity index (χ3v) is 3.71. The molecule has 0 aliphatic carbocycles. The number of benzene rings is 2. The first-order chi connectivity index (χ1) is 11.3. The van der Waals surface area contributed by atoms with Crippen molar-refractivity contribution >= 4 is 34.9 Å². The molecule has 0 spiro atoms. The Morgan fingerprint density at radius 2 is 1.79 bits per heavy atom. The van der Waals surface area contributed by atoms with Crippen LogP contribution in [0.1, 0.15) is 26.3 Å². The van der Waals surface area contributed by atoms with Crippen molar-refractivity contribution in [2.45, 2.75) is 6.92 Å². The van der Waals surface area contributed by atoms with Gasteiger partial charge in [0, 0.05) is 17.7 Å². The highest BCUT2D eigenvalue weighted by Gasteiger charge is 2.17. The maximum Gasteiger partial charge on any atom is 0.338 e. The zero-order valence-electron chi connectivity index (χ0n) is 12.8. The Bertz CT molecular complexity index is 818. The lowest BCUT2D eigenvalue weighted by Gasteiger charge is -2.13. The topological polar surface area (TPSA) is 98.5 Å². The van der Waals surface area contributed by atoms with E-state index in [0.29, 0.717) is 5.56 Å². The van der Waals surface area contributed by atoms with Gasteiger partial charge in [0.1, 0.15) is 0 Å². The normalized spacial score (nSPS) is 10.1. The lowest BCUT2D eigenvalue weighted by Crippen LogP contribution is -2.15. The summed E-state index contributed by atoms with van der Waals surface area (Å²) in [4.78, 5) is 34.1. The first-order valence-electron chi connectivity index (χ1n) is 6.78. The summed E-state index contributed by atoms with van der Waals surface area (Å²) in [6.07, 6.45) is 0. The standard InChI is InChI=1S/C16H13ClN2O5/c1-9-12(16(21)24-2)7-8-13(17)14(9)18-15(20)10-3-5-11(6-4-10)19(22)23/h3-8H,1-2H3,(H,18,20). The lowest BCUT2D eigenvalue weighted by molar-refractivity contribution is -0.384. The largest absolute Gasteiger partial charge is 0.465 e. The molecule has 0 heterocycles. The second-order valence-corrected chi connectivity index (χ2v) is 5.25. The van der Waals surface area contributed by atoms with Crippen LogP contribution >= 0.6 is 11.6 Å². The predicted molar refractivity (Wildman–Crippen MR) is 88.6 cm³/mol. The molecule has 0 aliphatic heterocycles. The van der Waals surface area contributed by atoms with Gasteiger partial charge < -0.3 is 10.1 Å². The maximum absolute atomic E-state index is 12.3. The van der Waals surface area contributed by atoms with Crippen LogP contribution in [0.5, 0.6) is 0 Å². The first-order valence-corrected chi connectivity index (χ1v) is 7.16. The van der Waals surface area contributed by atoms with Crippen LogP contribution in [0.2, 0.25) is 5.02 Å². The molecule has 8 heteroatoms. The smallest absolute Gasteiger partial charge is 0.338 e. The van der Waals surface area contributed by atoms with E-state index in [0.717, 1.165) is 0 Å². The SMILES string of the molecule is COC(=O)c1ccc(Cl)c(NC(=O)c2ccc([N+](=O)[O-])cc2)c1C. The molecule has 124 valence electrons. The summed E-state index contributed by atoms with van der Waals surface area (Å²) in [5, 5.41) is 13.5. The third kappa shape index (κ3) is 3.52. The van der Waals surface area contributed by atoms with Gasteiger partial charge in [0.05, 0.1) is 28.3 Å². The summed E-state index contributed by atoms with van der Waals surface area (Å²) in [7, 11) is 1.26. The van der Waals surface area contributed by atoms with E-state index in [-0.39, 0.29) is 27.5 Å². The molecule has 0 saturated heterocycles. The molecule has 1 amide bonds. The van der Waals surface area contributed by atoms with Crippen molar-refractivity contribution in [3.05, 3.63) is 68.2 Å². The summed E-state index contributed by atoms with van der Waals surface area (Å²) in [6.45, 7) is 1.63. The van der Waals surface area contributed by atoms with Crippen LogP contribution in [0.15, 0.2) is 36.4 Å². The second kappa shape index (κ2) is 7.10. The Hall–Kier alpha value is -2.93. The number of hydrogen-bond acceptors (Lipinski definition) is 5. The van der Waals surface area contributed by atoms with Gasteiger partial charge >= 0.3 is 5.97 Å². The quantitative estimate of drug-likeness (QED) is 0.517. The number of hydrogen-bond donors (Lipinski definition) is 1. The highest BCUT2D eigenvalue weighted by molar-refractivity contribution is 6.34. The molecule has 0 atom stereocenters. The van der Waals surface area contributed by atoms with E-state index in [1.54, 1.807) is 6.92 Å². The predicted octanol–water partition coefficient (Wildman–Crippen LogP) is 3.60. The summed E-state index contributed by atoms with van der Waals surface area (Å²) in [5.74, 6) is -1.05. The maximum atomic E-state index is 12.3. The van der Waals surface area contributed by atoms with Crippen LogP contribution in [0.3, 0.4) is 0 Å². The van der Waals surface area contributed by atoms with Crippen LogP contribution in [-0.2, 0) is 4.74 Å². The molecule has 2 aromatic carbocycles. The van der Waals surface area contributed by atoms with Gasteiger partial charge in [-0.25, -0.2) is 4.79 Å². The number of esters is 1. The van der Waals surface area contributed by atoms with Crippen LogP contribution in [0, 0.1) is 17.0 Å². The van der Waals surface area contributed by atoms with Crippen LogP contribution in [0.4, 0.5) is 11.4 Å². The Kier molecular flexibility index (Phi) is 5.15. The molecular formula is C16H13ClN2O5. The van der Waals surface area contributed by atoms with Crippen molar-refractivity contribution in [1.82, 2.24) is 0 Å². The fourth-order valence-corrected chi connectivity index (χ4v) is 2.34. The fourth-order valence-electron chi connectivity index (χ4n) is 2.08. The van der Waals surface area contributed by atoms with E-state index < -0.39 is 16.8 Å². The van der Waals surface area contributed by atoms with Crippen molar-refractivity contribution < 1.29 is 19.2 Å². The molecular weight excluding hydrogens is 336 g/mol. The lowest BCUT2D eigenvalue weighted by atomic mass is 10.1. The molecule has 0 aliphatic rings. The minimum atomic E-state index is -0.553. The molecule has 0 bridgehead atoms. The van der Waals surface area contributed by atoms with Crippen LogP contribution in [0.25, 0.3) is 0 Å². The molecule has 2 rings (SSSR count). The Morgan fingerprint density at radius 3 is 2.33 bits per heavy atom. The minimum absolute atomic E-state index is 0.117. The summed E-state index contributed by atoms with van der Waals surface area (Å²) < 4.78 is 4.68. The van der Waals surface area contributed by atoms with Gasteiger partial charge in [0.2, 0.25) is 0 Å². The summed E-state index contributed by atoms with van der Waals surface area (Å²) >= 11 is 6.09. The molecule has 0 saturated carbocycles. The zero-order valence-corrected chi connectivity index (χ0v) is 13.6. The molecule has 2 aromatic rings. The highest BCUT2D eigenvalue weighted by Crippen LogP contribution is 2.29. The van der Waals surface area contributed by atoms with Crippen LogP contribution in [-0.4, -0.2) is 23.9 Å². The van der Waals surface area contributed by atoms with Gasteiger partial charge in [-0.3, -0.25) is 14.9 Å². The third-order valence-electron chi connectivity index (χ3n) is 3.40. The monoisotopic (exact) mass is 348 g/mol. The minimum Gasteiger partial charge on any atom is -0.465 e. The number of rotatable bonds is 4. The zero-order chi connectivity index (χ0) is 17.9. The van der Waals surface area contributed by atoms with E-state index >= 15 is 0 Å². The summed E-state index contributed by atoms with van der Waals surface area (Å²) in [6, 6.07) is 8.11. The van der Waals surface area contributed by atoms with Crippen molar-refractivity contribution in [2.24, 2.45) is 0 Å². The van der Waals surface area contributed by atoms with E-state index in [9.17, 15) is 19.7 Å². The molecule has 7 nitrogen and oxygen atoms in total. The fraction of sp³-hybridized carbons (Fsp3) is 0.125. The Labute approximate surface area is 142 Å². The molecule has 24 heavy (non-hydrogen) atoms. The number of nitro groups is 1. The van der Waals surface area contributed by atoms with E-state index in [1.807, 2.05) is 0 Å². The average Bonchev–Trinajstić information content (AvgIpc) is 2.57. The van der Waals surface area contributed by atoms with Crippen molar-refractivity contribution in [3.8, 4) is 0 Å². The van der Waals surface area contributed by atoms with Crippen molar-refractivity contribution in [2.75, 3.05) is 12.4 Å². The van der Waals surface area contributed by atoms with E-state index in [1.165, 1.54) is 43.5 Å². The molecule has 1 N–H and O–H groups in total. The van der Waals surface area contributed by atoms with Gasteiger partial charge in [-0.05, 0) is 36.8 Å². The van der Waals surface area contributed by atoms with Gasteiger partial charge in [-0.15, -0.1) is 0 Å². The van der Waals surface area contributed by atoms with Gasteiger partial charge in [-0.1, -0.05) is 11.6 Å². The number of anilines is 1. The first kappa shape index (κ1) is 17.4. The van der Waals surface area contributed by atoms with Crippen LogP contribution < -0.4 is 5.32 Å². The number of nitro benzene ring substituents is 1. The van der Waals surface area contributed by atoms with E-state index in [4.69, 9.17) is 11.6 Å². The Morgan fingerprint density at radius 1 is 1.17 bits per heavy atom. The highest BCUT2D eigenvalue weighted by atomic mass is 35.5. The number of carbonyl (C=O) groups is 2. The number of ether oxygens (including phenoxy) is 1. The molecule has 0 unspecified atom stereocenters. The number of methoxy groups -OCH3 is 1. The van der Waals surface area contributed by atoms with E-state index in [2.05, 4.69) is 10.1 Å².